The average Bonchev–Trinajstić information content (AvgIpc) is 2.33. The van der Waals surface area contributed by atoms with Crippen molar-refractivity contribution in [2.75, 3.05) is 17.2 Å². The number of anilines is 1. The molecule has 0 aliphatic carbocycles. The molecule has 18 heavy (non-hydrogen) atoms. The Morgan fingerprint density at radius 3 is 2.83 bits per heavy atom. The van der Waals surface area contributed by atoms with Gasteiger partial charge in [0.05, 0.1) is 12.5 Å². The Bertz CT molecular complexity index is 457. The number of carbonyl (C=O) groups is 1. The number of nitrogens with zero attached hydrogens (tertiary/aromatic N) is 2. The van der Waals surface area contributed by atoms with E-state index in [4.69, 9.17) is 5.26 Å². The lowest BCUT2D eigenvalue weighted by molar-refractivity contribution is -0.138. The summed E-state index contributed by atoms with van der Waals surface area (Å²) in [5.41, 5.74) is 1.87. The molecule has 0 aliphatic rings. The van der Waals surface area contributed by atoms with Crippen LogP contribution in [0.1, 0.15) is 12.0 Å². The van der Waals surface area contributed by atoms with Crippen LogP contribution < -0.4 is 4.90 Å². The molecule has 1 aromatic rings. The van der Waals surface area contributed by atoms with Gasteiger partial charge in [-0.05, 0) is 24.6 Å². The second kappa shape index (κ2) is 6.92. The summed E-state index contributed by atoms with van der Waals surface area (Å²) in [6, 6.07) is 8.91. The summed E-state index contributed by atoms with van der Waals surface area (Å²) in [4.78, 5) is 12.9. The van der Waals surface area contributed by atoms with Crippen molar-refractivity contribution in [2.24, 2.45) is 0 Å². The van der Waals surface area contributed by atoms with Gasteiger partial charge in [0.1, 0.15) is 6.04 Å². The molecule has 0 saturated heterocycles. The normalized spacial score (nSPS) is 11.6. The van der Waals surface area contributed by atoms with E-state index in [1.807, 2.05) is 37.3 Å². The molecule has 0 aliphatic heterocycles. The van der Waals surface area contributed by atoms with Crippen LogP contribution in [0.3, 0.4) is 0 Å². The van der Waals surface area contributed by atoms with Crippen molar-refractivity contribution >= 4 is 24.3 Å². The third-order valence-corrected chi connectivity index (χ3v) is 2.98. The zero-order valence-electron chi connectivity index (χ0n) is 10.2. The number of hydrogen-bond donors (Lipinski definition) is 2. The molecule has 4 nitrogen and oxygen atoms in total. The maximum Gasteiger partial charge on any atom is 0.327 e. The van der Waals surface area contributed by atoms with Gasteiger partial charge in [-0.25, -0.2) is 4.79 Å². The van der Waals surface area contributed by atoms with Crippen molar-refractivity contribution in [3.63, 3.8) is 0 Å². The lowest BCUT2D eigenvalue weighted by atomic mass is 10.1. The summed E-state index contributed by atoms with van der Waals surface area (Å²) in [5, 5.41) is 17.9. The van der Waals surface area contributed by atoms with E-state index in [-0.39, 0.29) is 12.2 Å². The molecule has 1 aromatic carbocycles. The second-order valence-electron chi connectivity index (χ2n) is 3.98. The molecule has 0 spiro atoms. The molecule has 0 heterocycles. The summed E-state index contributed by atoms with van der Waals surface area (Å²) < 4.78 is 0. The van der Waals surface area contributed by atoms with Crippen LogP contribution in [-0.2, 0) is 4.79 Å². The largest absolute Gasteiger partial charge is 0.480 e. The van der Waals surface area contributed by atoms with Gasteiger partial charge in [0.15, 0.2) is 0 Å². The molecule has 1 rings (SSSR count). The quantitative estimate of drug-likeness (QED) is 0.772. The Balaban J connectivity index is 3.04. The van der Waals surface area contributed by atoms with Crippen molar-refractivity contribution < 1.29 is 9.90 Å². The SMILES string of the molecule is Cc1cccc(N(CCC#N)C(CS)C(=O)O)c1. The predicted molar refractivity (Wildman–Crippen MR) is 74.0 cm³/mol. The molecule has 0 bridgehead atoms. The van der Waals surface area contributed by atoms with E-state index in [1.54, 1.807) is 4.90 Å². The minimum Gasteiger partial charge on any atom is -0.480 e. The first-order chi connectivity index (χ1) is 8.60. The Morgan fingerprint density at radius 1 is 1.61 bits per heavy atom. The lowest BCUT2D eigenvalue weighted by Gasteiger charge is -2.29. The molecule has 0 aromatic heterocycles. The minimum atomic E-state index is -0.926. The van der Waals surface area contributed by atoms with E-state index in [0.717, 1.165) is 11.3 Å². The molecule has 1 atom stereocenters. The third-order valence-electron chi connectivity index (χ3n) is 2.63. The summed E-state index contributed by atoms with van der Waals surface area (Å²) >= 11 is 4.09. The molecule has 1 unspecified atom stereocenters. The van der Waals surface area contributed by atoms with Crippen molar-refractivity contribution in [1.29, 1.82) is 5.26 Å². The van der Waals surface area contributed by atoms with Crippen molar-refractivity contribution in [2.45, 2.75) is 19.4 Å². The first-order valence-electron chi connectivity index (χ1n) is 5.64. The molecule has 5 heteroatoms. The number of carboxylic acids is 1. The highest BCUT2D eigenvalue weighted by atomic mass is 32.1. The number of nitriles is 1. The molecule has 96 valence electrons. The van der Waals surface area contributed by atoms with Crippen molar-refractivity contribution in [1.82, 2.24) is 0 Å². The maximum absolute atomic E-state index is 11.2. The zero-order valence-corrected chi connectivity index (χ0v) is 11.1. The lowest BCUT2D eigenvalue weighted by Crippen LogP contribution is -2.43. The van der Waals surface area contributed by atoms with Crippen LogP contribution >= 0.6 is 12.6 Å². The number of carboxylic acid groups (broad SMARTS) is 1. The van der Waals surface area contributed by atoms with Crippen LogP contribution in [0, 0.1) is 18.3 Å². The van der Waals surface area contributed by atoms with E-state index >= 15 is 0 Å². The molecular formula is C13H16N2O2S. The highest BCUT2D eigenvalue weighted by Crippen LogP contribution is 2.19. The molecule has 0 saturated carbocycles. The Morgan fingerprint density at radius 2 is 2.33 bits per heavy atom. The van der Waals surface area contributed by atoms with Crippen LogP contribution in [0.15, 0.2) is 24.3 Å². The van der Waals surface area contributed by atoms with Gasteiger partial charge in [-0.2, -0.15) is 17.9 Å². The van der Waals surface area contributed by atoms with Crippen LogP contribution in [-0.4, -0.2) is 29.4 Å². The first kappa shape index (κ1) is 14.4. The summed E-state index contributed by atoms with van der Waals surface area (Å²) in [6.45, 7) is 2.33. The second-order valence-corrected chi connectivity index (χ2v) is 4.34. The van der Waals surface area contributed by atoms with Crippen LogP contribution in [0.5, 0.6) is 0 Å². The van der Waals surface area contributed by atoms with Gasteiger partial charge in [0.25, 0.3) is 0 Å². The summed E-state index contributed by atoms with van der Waals surface area (Å²) in [5.74, 6) is -0.723. The van der Waals surface area contributed by atoms with E-state index in [1.165, 1.54) is 0 Å². The van der Waals surface area contributed by atoms with Crippen LogP contribution in [0.2, 0.25) is 0 Å². The molecule has 0 radical (unpaired) electrons. The zero-order chi connectivity index (χ0) is 13.5. The average molecular weight is 264 g/mol. The van der Waals surface area contributed by atoms with E-state index in [0.29, 0.717) is 6.54 Å². The number of rotatable bonds is 6. The Labute approximate surface area is 112 Å². The molecule has 0 amide bonds. The number of thiol groups is 1. The van der Waals surface area contributed by atoms with Crippen molar-refractivity contribution in [3.8, 4) is 6.07 Å². The fourth-order valence-electron chi connectivity index (χ4n) is 1.75. The Kier molecular flexibility index (Phi) is 5.53. The van der Waals surface area contributed by atoms with Gasteiger partial charge in [0.2, 0.25) is 0 Å². The third kappa shape index (κ3) is 3.67. The van der Waals surface area contributed by atoms with Gasteiger partial charge < -0.3 is 10.0 Å². The standard InChI is InChI=1S/C13H16N2O2S/c1-10-4-2-5-11(8-10)15(7-3-6-14)12(9-18)13(16)17/h2,4-5,8,12,18H,3,7,9H2,1H3,(H,16,17). The summed E-state index contributed by atoms with van der Waals surface area (Å²) in [6.07, 6.45) is 0.283. The smallest absolute Gasteiger partial charge is 0.327 e. The van der Waals surface area contributed by atoms with Gasteiger partial charge in [-0.15, -0.1) is 0 Å². The van der Waals surface area contributed by atoms with E-state index in [2.05, 4.69) is 12.6 Å². The highest BCUT2D eigenvalue weighted by Gasteiger charge is 2.24. The maximum atomic E-state index is 11.2. The fraction of sp³-hybridized carbons (Fsp3) is 0.385. The van der Waals surface area contributed by atoms with Crippen LogP contribution in [0.4, 0.5) is 5.69 Å². The number of benzene rings is 1. The topological polar surface area (TPSA) is 64.3 Å². The number of aliphatic carboxylic acids is 1. The van der Waals surface area contributed by atoms with Gasteiger partial charge in [0, 0.05) is 18.0 Å². The predicted octanol–water partition coefficient (Wildman–Crippen LogP) is 2.10. The Hall–Kier alpha value is -1.67. The highest BCUT2D eigenvalue weighted by molar-refractivity contribution is 7.80. The van der Waals surface area contributed by atoms with E-state index < -0.39 is 12.0 Å². The number of hydrogen-bond acceptors (Lipinski definition) is 4. The molecular weight excluding hydrogens is 248 g/mol. The van der Waals surface area contributed by atoms with E-state index in [9.17, 15) is 9.90 Å². The molecule has 0 fully saturated rings. The van der Waals surface area contributed by atoms with Gasteiger partial charge in [-0.3, -0.25) is 0 Å². The number of aryl methyl sites for hydroxylation is 1. The molecule has 1 N–H and O–H groups in total. The summed E-state index contributed by atoms with van der Waals surface area (Å²) in [7, 11) is 0. The monoisotopic (exact) mass is 264 g/mol. The van der Waals surface area contributed by atoms with Gasteiger partial charge in [-0.1, -0.05) is 12.1 Å². The minimum absolute atomic E-state index is 0.203. The van der Waals surface area contributed by atoms with Gasteiger partial charge >= 0.3 is 5.97 Å². The van der Waals surface area contributed by atoms with Crippen LogP contribution in [0.25, 0.3) is 0 Å². The first-order valence-corrected chi connectivity index (χ1v) is 6.27. The fourth-order valence-corrected chi connectivity index (χ4v) is 2.11. The van der Waals surface area contributed by atoms with Crippen molar-refractivity contribution in [3.05, 3.63) is 29.8 Å².